The van der Waals surface area contributed by atoms with Crippen LogP contribution in [0.5, 0.6) is 5.75 Å². The molecule has 0 spiro atoms. The summed E-state index contributed by atoms with van der Waals surface area (Å²) in [6.45, 7) is 5.30. The highest BCUT2D eigenvalue weighted by atomic mass is 16.5. The minimum atomic E-state index is -0.680. The van der Waals surface area contributed by atoms with Crippen molar-refractivity contribution < 1.29 is 14.6 Å². The van der Waals surface area contributed by atoms with Gasteiger partial charge in [0.2, 0.25) is 0 Å². The number of hydrogen-bond acceptors (Lipinski definition) is 2. The lowest BCUT2D eigenvalue weighted by atomic mass is 9.99. The average Bonchev–Trinajstić information content (AvgIpc) is 2.56. The number of carboxylic acid groups (broad SMARTS) is 1. The zero-order chi connectivity index (χ0) is 17.6. The number of aliphatic carboxylic acids is 1. The lowest BCUT2D eigenvalue weighted by molar-refractivity contribution is -0.137. The first-order valence-corrected chi connectivity index (χ1v) is 9.55. The number of ether oxygens (including phenoxy) is 1. The summed E-state index contributed by atoms with van der Waals surface area (Å²) < 4.78 is 5.87. The van der Waals surface area contributed by atoms with E-state index in [9.17, 15) is 4.79 Å². The van der Waals surface area contributed by atoms with Crippen molar-refractivity contribution in [1.29, 1.82) is 0 Å². The second-order valence-electron chi connectivity index (χ2n) is 6.83. The maximum Gasteiger partial charge on any atom is 0.303 e. The molecule has 3 heteroatoms. The topological polar surface area (TPSA) is 46.5 Å². The van der Waals surface area contributed by atoms with Gasteiger partial charge in [0, 0.05) is 6.42 Å². The van der Waals surface area contributed by atoms with Crippen molar-refractivity contribution in [2.24, 2.45) is 5.92 Å². The molecule has 24 heavy (non-hydrogen) atoms. The normalized spacial score (nSPS) is 12.1. The van der Waals surface area contributed by atoms with Gasteiger partial charge in [0.1, 0.15) is 5.75 Å². The van der Waals surface area contributed by atoms with Crippen molar-refractivity contribution in [2.75, 3.05) is 6.61 Å². The Labute approximate surface area is 147 Å². The molecule has 1 aromatic rings. The van der Waals surface area contributed by atoms with Gasteiger partial charge < -0.3 is 9.84 Å². The first-order chi connectivity index (χ1) is 11.6. The lowest BCUT2D eigenvalue weighted by Crippen LogP contribution is -2.00. The summed E-state index contributed by atoms with van der Waals surface area (Å²) in [5, 5.41) is 8.57. The van der Waals surface area contributed by atoms with Gasteiger partial charge >= 0.3 is 5.97 Å². The van der Waals surface area contributed by atoms with Crippen LogP contribution in [-0.2, 0) is 11.2 Å². The van der Waals surface area contributed by atoms with Gasteiger partial charge in [0.25, 0.3) is 0 Å². The van der Waals surface area contributed by atoms with Crippen molar-refractivity contribution in [1.82, 2.24) is 0 Å². The Balaban J connectivity index is 2.05. The second-order valence-corrected chi connectivity index (χ2v) is 6.83. The number of carboxylic acids is 1. The van der Waals surface area contributed by atoms with Gasteiger partial charge in [-0.3, -0.25) is 4.79 Å². The van der Waals surface area contributed by atoms with Gasteiger partial charge in [-0.25, -0.2) is 0 Å². The van der Waals surface area contributed by atoms with Crippen LogP contribution in [0, 0.1) is 5.92 Å². The molecule has 0 saturated heterocycles. The average molecular weight is 334 g/mol. The predicted molar refractivity (Wildman–Crippen MR) is 99.7 cm³/mol. The van der Waals surface area contributed by atoms with Crippen LogP contribution in [0.25, 0.3) is 0 Å². The van der Waals surface area contributed by atoms with E-state index >= 15 is 0 Å². The zero-order valence-corrected chi connectivity index (χ0v) is 15.4. The molecule has 1 unspecified atom stereocenters. The molecule has 0 aliphatic heterocycles. The Kier molecular flexibility index (Phi) is 11.0. The maximum atomic E-state index is 10.4. The Morgan fingerprint density at radius 2 is 1.75 bits per heavy atom. The molecule has 0 heterocycles. The minimum Gasteiger partial charge on any atom is -0.494 e. The molecule has 136 valence electrons. The number of benzene rings is 1. The molecule has 3 nitrogen and oxygen atoms in total. The maximum absolute atomic E-state index is 10.4. The van der Waals surface area contributed by atoms with Crippen molar-refractivity contribution >= 4 is 5.97 Å². The van der Waals surface area contributed by atoms with E-state index in [1.54, 1.807) is 0 Å². The van der Waals surface area contributed by atoms with Crippen molar-refractivity contribution in [3.63, 3.8) is 0 Å². The van der Waals surface area contributed by atoms with Crippen LogP contribution in [0.1, 0.15) is 77.2 Å². The molecular formula is C21H34O3. The highest BCUT2D eigenvalue weighted by Gasteiger charge is 2.03. The molecule has 0 aromatic heterocycles. The highest BCUT2D eigenvalue weighted by molar-refractivity contribution is 5.66. The zero-order valence-electron chi connectivity index (χ0n) is 15.4. The summed E-state index contributed by atoms with van der Waals surface area (Å²) in [5.74, 6) is 1.03. The van der Waals surface area contributed by atoms with Crippen molar-refractivity contribution in [2.45, 2.75) is 78.1 Å². The van der Waals surface area contributed by atoms with Crippen molar-refractivity contribution in [3.8, 4) is 5.75 Å². The number of carbonyl (C=O) groups is 1. The molecule has 0 saturated carbocycles. The molecule has 0 fully saturated rings. The van der Waals surface area contributed by atoms with E-state index in [2.05, 4.69) is 32.0 Å². The molecule has 0 aliphatic rings. The third-order valence-electron chi connectivity index (χ3n) is 4.48. The third kappa shape index (κ3) is 10.3. The van der Waals surface area contributed by atoms with Crippen molar-refractivity contribution in [3.05, 3.63) is 29.8 Å². The van der Waals surface area contributed by atoms with Crippen LogP contribution in [0.2, 0.25) is 0 Å². The first kappa shape index (κ1) is 20.5. The molecule has 1 rings (SSSR count). The van der Waals surface area contributed by atoms with Gasteiger partial charge in [-0.15, -0.1) is 0 Å². The van der Waals surface area contributed by atoms with Gasteiger partial charge in [-0.1, -0.05) is 64.5 Å². The Morgan fingerprint density at radius 1 is 1.08 bits per heavy atom. The highest BCUT2D eigenvalue weighted by Crippen LogP contribution is 2.18. The van der Waals surface area contributed by atoms with Crippen LogP contribution in [-0.4, -0.2) is 17.7 Å². The predicted octanol–water partition coefficient (Wildman–Crippen LogP) is 5.86. The van der Waals surface area contributed by atoms with Gasteiger partial charge in [0.15, 0.2) is 0 Å². The number of hydrogen-bond donors (Lipinski definition) is 1. The van der Waals surface area contributed by atoms with E-state index in [-0.39, 0.29) is 0 Å². The molecule has 1 atom stereocenters. The third-order valence-corrected chi connectivity index (χ3v) is 4.48. The van der Waals surface area contributed by atoms with E-state index < -0.39 is 5.97 Å². The largest absolute Gasteiger partial charge is 0.494 e. The second kappa shape index (κ2) is 12.9. The fraction of sp³-hybridized carbons (Fsp3) is 0.667. The van der Waals surface area contributed by atoms with E-state index in [0.29, 0.717) is 6.42 Å². The van der Waals surface area contributed by atoms with E-state index in [1.165, 1.54) is 31.2 Å². The van der Waals surface area contributed by atoms with Crippen LogP contribution >= 0.6 is 0 Å². The standard InChI is InChI=1S/C21H34O3/c1-3-18(2)16-19-12-11-13-20(17-19)24-15-10-8-6-4-5-7-9-14-21(22)23/h11-13,17-18H,3-10,14-16H2,1-2H3,(H,22,23). The quantitative estimate of drug-likeness (QED) is 0.433. The molecule has 0 bridgehead atoms. The molecule has 0 aliphatic carbocycles. The summed E-state index contributed by atoms with van der Waals surface area (Å²) in [6.07, 6.45) is 10.3. The molecule has 1 aromatic carbocycles. The number of rotatable bonds is 14. The summed E-state index contributed by atoms with van der Waals surface area (Å²) in [5.41, 5.74) is 1.36. The van der Waals surface area contributed by atoms with Gasteiger partial charge in [-0.2, -0.15) is 0 Å². The molecule has 1 N–H and O–H groups in total. The molecular weight excluding hydrogens is 300 g/mol. The molecule has 0 amide bonds. The van der Waals surface area contributed by atoms with Gasteiger partial charge in [-0.05, 0) is 42.9 Å². The van der Waals surface area contributed by atoms with E-state index in [0.717, 1.165) is 50.4 Å². The van der Waals surface area contributed by atoms with Crippen LogP contribution in [0.15, 0.2) is 24.3 Å². The Morgan fingerprint density at radius 3 is 2.42 bits per heavy atom. The van der Waals surface area contributed by atoms with E-state index in [1.807, 2.05) is 6.07 Å². The van der Waals surface area contributed by atoms with E-state index in [4.69, 9.17) is 9.84 Å². The van der Waals surface area contributed by atoms with Crippen LogP contribution in [0.3, 0.4) is 0 Å². The van der Waals surface area contributed by atoms with Crippen LogP contribution in [0.4, 0.5) is 0 Å². The fourth-order valence-electron chi connectivity index (χ4n) is 2.76. The lowest BCUT2D eigenvalue weighted by Gasteiger charge is -2.11. The Hall–Kier alpha value is -1.51. The summed E-state index contributed by atoms with van der Waals surface area (Å²) in [4.78, 5) is 10.4. The SMILES string of the molecule is CCC(C)Cc1cccc(OCCCCCCCCCC(=O)O)c1. The van der Waals surface area contributed by atoms with Crippen LogP contribution < -0.4 is 4.74 Å². The smallest absolute Gasteiger partial charge is 0.303 e. The Bertz CT molecular complexity index is 456. The summed E-state index contributed by atoms with van der Waals surface area (Å²) in [6, 6.07) is 8.49. The minimum absolute atomic E-state index is 0.309. The fourth-order valence-corrected chi connectivity index (χ4v) is 2.76. The van der Waals surface area contributed by atoms with Gasteiger partial charge in [0.05, 0.1) is 6.61 Å². The number of unbranched alkanes of at least 4 members (excludes halogenated alkanes) is 6. The monoisotopic (exact) mass is 334 g/mol. The first-order valence-electron chi connectivity index (χ1n) is 9.55. The summed E-state index contributed by atoms with van der Waals surface area (Å²) >= 11 is 0. The summed E-state index contributed by atoms with van der Waals surface area (Å²) in [7, 11) is 0. The molecule has 0 radical (unpaired) electrons.